The molecule has 2 saturated heterocycles. The van der Waals surface area contributed by atoms with Crippen LogP contribution in [0.3, 0.4) is 0 Å². The summed E-state index contributed by atoms with van der Waals surface area (Å²) in [6.07, 6.45) is 7.88. The number of piperidine rings is 1. The number of amides is 1. The van der Waals surface area contributed by atoms with E-state index in [0.29, 0.717) is 12.4 Å². The number of hydrogen-bond acceptors (Lipinski definition) is 5. The van der Waals surface area contributed by atoms with Gasteiger partial charge < -0.3 is 9.64 Å². The number of rotatable bonds is 6. The lowest BCUT2D eigenvalue weighted by atomic mass is 9.94. The molecule has 0 radical (unpaired) electrons. The van der Waals surface area contributed by atoms with Crippen LogP contribution in [0.4, 0.5) is 0 Å². The summed E-state index contributed by atoms with van der Waals surface area (Å²) in [5.74, 6) is 1.50. The Balaban J connectivity index is 1.29. The largest absolute Gasteiger partial charge is 0.437 e. The summed E-state index contributed by atoms with van der Waals surface area (Å²) in [6.45, 7) is 4.52. The van der Waals surface area contributed by atoms with Gasteiger partial charge in [-0.1, -0.05) is 36.4 Å². The predicted octanol–water partition coefficient (Wildman–Crippen LogP) is 4.88. The molecule has 3 heterocycles. The molecule has 33 heavy (non-hydrogen) atoms. The summed E-state index contributed by atoms with van der Waals surface area (Å²) >= 11 is 0. The van der Waals surface area contributed by atoms with E-state index in [1.807, 2.05) is 53.4 Å². The van der Waals surface area contributed by atoms with Gasteiger partial charge in [-0.05, 0) is 62.5 Å². The molecule has 0 saturated carbocycles. The maximum atomic E-state index is 13.5. The highest BCUT2D eigenvalue weighted by Crippen LogP contribution is 2.29. The van der Waals surface area contributed by atoms with Crippen molar-refractivity contribution < 1.29 is 9.53 Å². The van der Waals surface area contributed by atoms with Crippen molar-refractivity contribution in [1.29, 1.82) is 0 Å². The van der Waals surface area contributed by atoms with E-state index in [2.05, 4.69) is 16.0 Å². The van der Waals surface area contributed by atoms with E-state index < -0.39 is 0 Å². The van der Waals surface area contributed by atoms with Crippen LogP contribution in [-0.4, -0.2) is 51.9 Å². The number of hydrogen-bond donors (Lipinski definition) is 0. The maximum Gasteiger partial charge on any atom is 0.254 e. The van der Waals surface area contributed by atoms with E-state index >= 15 is 0 Å². The summed E-state index contributed by atoms with van der Waals surface area (Å²) < 4.78 is 5.87. The molecule has 1 amide bonds. The molecule has 2 aromatic carbocycles. The fourth-order valence-electron chi connectivity index (χ4n) is 4.84. The van der Waals surface area contributed by atoms with Gasteiger partial charge in [0.05, 0.1) is 11.9 Å². The van der Waals surface area contributed by atoms with Gasteiger partial charge in [-0.2, -0.15) is 0 Å². The van der Waals surface area contributed by atoms with Gasteiger partial charge in [-0.25, -0.2) is 4.98 Å². The third-order valence-electron chi connectivity index (χ3n) is 6.56. The molecule has 6 nitrogen and oxygen atoms in total. The molecule has 0 bridgehead atoms. The summed E-state index contributed by atoms with van der Waals surface area (Å²) in [7, 11) is 0. The van der Waals surface area contributed by atoms with Crippen LogP contribution in [0, 0.1) is 0 Å². The normalized spacial score (nSPS) is 18.9. The Labute approximate surface area is 195 Å². The first-order chi connectivity index (χ1) is 16.3. The Morgan fingerprint density at radius 3 is 2.58 bits per heavy atom. The van der Waals surface area contributed by atoms with Crippen LogP contribution in [0.1, 0.15) is 53.2 Å². The van der Waals surface area contributed by atoms with Gasteiger partial charge in [0.1, 0.15) is 5.75 Å². The van der Waals surface area contributed by atoms with Crippen LogP contribution >= 0.6 is 0 Å². The lowest BCUT2D eigenvalue weighted by Crippen LogP contribution is -2.40. The van der Waals surface area contributed by atoms with E-state index in [1.165, 1.54) is 12.8 Å². The van der Waals surface area contributed by atoms with Gasteiger partial charge in [-0.3, -0.25) is 14.7 Å². The second-order valence-corrected chi connectivity index (χ2v) is 8.93. The molecule has 3 aromatic rings. The lowest BCUT2D eigenvalue weighted by Gasteiger charge is -2.33. The van der Waals surface area contributed by atoms with Crippen molar-refractivity contribution in [2.45, 2.75) is 38.1 Å². The highest BCUT2D eigenvalue weighted by Gasteiger charge is 2.28. The summed E-state index contributed by atoms with van der Waals surface area (Å²) in [5.41, 5.74) is 2.84. The topological polar surface area (TPSA) is 58.6 Å². The van der Waals surface area contributed by atoms with E-state index in [-0.39, 0.29) is 11.8 Å². The monoisotopic (exact) mass is 442 g/mol. The zero-order valence-electron chi connectivity index (χ0n) is 18.9. The first kappa shape index (κ1) is 21.6. The number of benzene rings is 2. The third-order valence-corrected chi connectivity index (χ3v) is 6.56. The van der Waals surface area contributed by atoms with Crippen molar-refractivity contribution in [2.75, 3.05) is 26.2 Å². The minimum atomic E-state index is 0.124. The fraction of sp³-hybridized carbons (Fsp3) is 0.370. The molecule has 5 rings (SSSR count). The van der Waals surface area contributed by atoms with Crippen molar-refractivity contribution in [3.63, 3.8) is 0 Å². The zero-order valence-corrected chi connectivity index (χ0v) is 18.9. The average molecular weight is 443 g/mol. The Hall–Kier alpha value is -3.25. The summed E-state index contributed by atoms with van der Waals surface area (Å²) in [4.78, 5) is 27.0. The van der Waals surface area contributed by atoms with Gasteiger partial charge in [0.2, 0.25) is 5.88 Å². The molecule has 1 aromatic heterocycles. The highest BCUT2D eigenvalue weighted by molar-refractivity contribution is 5.95. The number of nitrogens with zero attached hydrogens (tertiary/aromatic N) is 4. The second kappa shape index (κ2) is 10.1. The number of likely N-dealkylation sites (tertiary alicyclic amines) is 2. The van der Waals surface area contributed by atoms with Crippen molar-refractivity contribution in [3.8, 4) is 11.6 Å². The molecule has 2 aliphatic heterocycles. The highest BCUT2D eigenvalue weighted by atomic mass is 16.5. The van der Waals surface area contributed by atoms with Gasteiger partial charge in [0.25, 0.3) is 5.91 Å². The molecule has 1 atom stereocenters. The molecule has 170 valence electrons. The smallest absolute Gasteiger partial charge is 0.254 e. The molecule has 0 unspecified atom stereocenters. The van der Waals surface area contributed by atoms with Crippen LogP contribution in [0.25, 0.3) is 0 Å². The van der Waals surface area contributed by atoms with Crippen molar-refractivity contribution in [1.82, 2.24) is 19.8 Å². The minimum Gasteiger partial charge on any atom is -0.437 e. The number of carbonyl (C=O) groups excluding carboxylic acids is 1. The second-order valence-electron chi connectivity index (χ2n) is 8.93. The predicted molar refractivity (Wildman–Crippen MR) is 127 cm³/mol. The number of para-hydroxylation sites is 1. The molecule has 0 N–H and O–H groups in total. The van der Waals surface area contributed by atoms with Gasteiger partial charge in [0.15, 0.2) is 0 Å². The number of ether oxygens (including phenoxy) is 1. The van der Waals surface area contributed by atoms with E-state index in [1.54, 1.807) is 12.4 Å². The molecule has 2 aliphatic rings. The quantitative estimate of drug-likeness (QED) is 0.544. The molecule has 2 fully saturated rings. The maximum absolute atomic E-state index is 13.5. The number of carbonyl (C=O) groups is 1. The van der Waals surface area contributed by atoms with Crippen molar-refractivity contribution >= 4 is 5.91 Å². The lowest BCUT2D eigenvalue weighted by molar-refractivity contribution is 0.0703. The Morgan fingerprint density at radius 1 is 0.939 bits per heavy atom. The van der Waals surface area contributed by atoms with E-state index in [9.17, 15) is 4.79 Å². The van der Waals surface area contributed by atoms with Gasteiger partial charge in [-0.15, -0.1) is 0 Å². The first-order valence-electron chi connectivity index (χ1n) is 11.9. The van der Waals surface area contributed by atoms with Crippen LogP contribution in [0.5, 0.6) is 11.6 Å². The van der Waals surface area contributed by atoms with Gasteiger partial charge in [0, 0.05) is 37.3 Å². The molecular formula is C27H30N4O2. The number of aromatic nitrogens is 2. The van der Waals surface area contributed by atoms with E-state index in [4.69, 9.17) is 9.72 Å². The summed E-state index contributed by atoms with van der Waals surface area (Å²) in [6, 6.07) is 17.7. The first-order valence-corrected chi connectivity index (χ1v) is 11.9. The third kappa shape index (κ3) is 5.22. The minimum absolute atomic E-state index is 0.124. The van der Waals surface area contributed by atoms with Crippen LogP contribution in [-0.2, 0) is 6.54 Å². The van der Waals surface area contributed by atoms with Crippen LogP contribution in [0.2, 0.25) is 0 Å². The molecule has 6 heteroatoms. The standard InChI is InChI=1S/C27H30N4O2/c32-27(24-13-5-4-9-21(24)19-30-14-6-7-15-30)31-16-8-10-22(20-31)25-17-28-18-26(29-25)33-23-11-2-1-3-12-23/h1-5,9,11-13,17-18,22H,6-8,10,14-16,19-20H2/t22-/m1/s1. The van der Waals surface area contributed by atoms with Gasteiger partial charge >= 0.3 is 0 Å². The van der Waals surface area contributed by atoms with E-state index in [0.717, 1.165) is 61.6 Å². The zero-order chi connectivity index (χ0) is 22.5. The van der Waals surface area contributed by atoms with Crippen molar-refractivity contribution in [2.24, 2.45) is 0 Å². The molecule has 0 spiro atoms. The van der Waals surface area contributed by atoms with Crippen molar-refractivity contribution in [3.05, 3.63) is 83.8 Å². The molecular weight excluding hydrogens is 412 g/mol. The average Bonchev–Trinajstić information content (AvgIpc) is 3.38. The summed E-state index contributed by atoms with van der Waals surface area (Å²) in [5, 5.41) is 0. The Bertz CT molecular complexity index is 1080. The van der Waals surface area contributed by atoms with Crippen LogP contribution in [0.15, 0.2) is 67.0 Å². The Morgan fingerprint density at radius 2 is 1.73 bits per heavy atom. The molecule has 0 aliphatic carbocycles. The fourth-order valence-corrected chi connectivity index (χ4v) is 4.84. The SMILES string of the molecule is O=C(c1ccccc1CN1CCCC1)N1CCC[C@@H](c2cncc(Oc3ccccc3)n2)C1. The Kier molecular flexibility index (Phi) is 6.63. The van der Waals surface area contributed by atoms with Crippen LogP contribution < -0.4 is 4.74 Å².